The van der Waals surface area contributed by atoms with Crippen LogP contribution in [0.2, 0.25) is 5.02 Å². The lowest BCUT2D eigenvalue weighted by Crippen LogP contribution is -2.33. The molecule has 0 saturated carbocycles. The molecule has 1 fully saturated rings. The molecular weight excluding hydrogens is 434 g/mol. The molecule has 0 spiro atoms. The van der Waals surface area contributed by atoms with E-state index in [1.807, 2.05) is 6.92 Å². The lowest BCUT2D eigenvalue weighted by molar-refractivity contribution is 0.102. The van der Waals surface area contributed by atoms with Crippen molar-refractivity contribution in [2.45, 2.75) is 38.5 Å². The summed E-state index contributed by atoms with van der Waals surface area (Å²) in [5, 5.41) is 3.41. The van der Waals surface area contributed by atoms with Crippen LogP contribution >= 0.6 is 11.6 Å². The minimum atomic E-state index is -3.81. The van der Waals surface area contributed by atoms with Gasteiger partial charge in [0.1, 0.15) is 0 Å². The third kappa shape index (κ3) is 5.73. The summed E-state index contributed by atoms with van der Waals surface area (Å²) < 4.78 is 29.8. The second-order valence-corrected chi connectivity index (χ2v) is 10.2. The first-order valence-corrected chi connectivity index (χ1v) is 12.1. The molecule has 2 aromatic carbocycles. The van der Waals surface area contributed by atoms with Gasteiger partial charge in [-0.25, -0.2) is 0 Å². The fourth-order valence-corrected chi connectivity index (χ4v) is 5.18. The highest BCUT2D eigenvalue weighted by Gasteiger charge is 2.22. The van der Waals surface area contributed by atoms with Crippen LogP contribution in [0.4, 0.5) is 5.69 Å². The van der Waals surface area contributed by atoms with Gasteiger partial charge in [-0.05, 0) is 101 Å². The molecule has 0 atom stereocenters. The van der Waals surface area contributed by atoms with Gasteiger partial charge in [-0.15, -0.1) is 0 Å². The Labute approximate surface area is 189 Å². The van der Waals surface area contributed by atoms with E-state index in [9.17, 15) is 13.2 Å². The first-order chi connectivity index (χ1) is 14.6. The number of anilines is 1. The Hall–Kier alpha value is -2.22. The van der Waals surface area contributed by atoms with Crippen molar-refractivity contribution >= 4 is 38.9 Å². The summed E-state index contributed by atoms with van der Waals surface area (Å²) in [6.07, 6.45) is 1.82. The molecule has 6 nitrogen and oxygen atoms in total. The monoisotopic (exact) mass is 461 g/mol. The van der Waals surface area contributed by atoms with Gasteiger partial charge < -0.3 is 10.2 Å². The van der Waals surface area contributed by atoms with Crippen LogP contribution in [-0.2, 0) is 10.0 Å². The van der Waals surface area contributed by atoms with Crippen LogP contribution in [0.15, 0.2) is 45.7 Å². The molecule has 2 aromatic rings. The van der Waals surface area contributed by atoms with E-state index >= 15 is 0 Å². The number of hydrogen-bond acceptors (Lipinski definition) is 4. The summed E-state index contributed by atoms with van der Waals surface area (Å²) in [5.74, 6) is -0.0859. The first-order valence-electron chi connectivity index (χ1n) is 10.2. The van der Waals surface area contributed by atoms with E-state index in [0.717, 1.165) is 31.5 Å². The van der Waals surface area contributed by atoms with Crippen LogP contribution in [0.5, 0.6) is 0 Å². The second kappa shape index (κ2) is 9.51. The summed E-state index contributed by atoms with van der Waals surface area (Å²) in [5.41, 5.74) is 3.13. The fourth-order valence-electron chi connectivity index (χ4n) is 3.75. The van der Waals surface area contributed by atoms with E-state index in [2.05, 4.69) is 21.7 Å². The van der Waals surface area contributed by atoms with E-state index in [0.29, 0.717) is 27.5 Å². The van der Waals surface area contributed by atoms with E-state index in [-0.39, 0.29) is 16.7 Å². The van der Waals surface area contributed by atoms with E-state index in [1.165, 1.54) is 6.07 Å². The highest BCUT2D eigenvalue weighted by Crippen LogP contribution is 2.25. The quantitative estimate of drug-likeness (QED) is 0.654. The SMILES string of the molecule is CC(=NS(=O)(=O)c1ccc(NC(=O)c2ccc(Cl)cc2C)c(C)c1)C1CCN(C)CC1. The standard InChI is InChI=1S/C23H28ClN3O3S/c1-15-13-19(24)5-7-21(15)23(28)25-22-8-6-20(14-16(22)2)31(29,30)26-17(3)18-9-11-27(4)12-10-18/h5-8,13-14,18H,9-12H2,1-4H3,(H,25,28). The van der Waals surface area contributed by atoms with Crippen LogP contribution in [0.3, 0.4) is 0 Å². The van der Waals surface area contributed by atoms with Crippen molar-refractivity contribution in [1.82, 2.24) is 4.90 Å². The number of rotatable bonds is 5. The van der Waals surface area contributed by atoms with Gasteiger partial charge in [-0.1, -0.05) is 11.6 Å². The molecule has 8 heteroatoms. The average Bonchev–Trinajstić information content (AvgIpc) is 2.69. The van der Waals surface area contributed by atoms with Gasteiger partial charge in [-0.2, -0.15) is 12.8 Å². The van der Waals surface area contributed by atoms with Crippen molar-refractivity contribution in [2.24, 2.45) is 10.3 Å². The van der Waals surface area contributed by atoms with Crippen LogP contribution < -0.4 is 5.32 Å². The number of carbonyl (C=O) groups is 1. The maximum absolute atomic E-state index is 12.8. The van der Waals surface area contributed by atoms with Crippen LogP contribution in [0.1, 0.15) is 41.3 Å². The molecule has 0 unspecified atom stereocenters. The Bertz CT molecular complexity index is 1120. The number of piperidine rings is 1. The third-order valence-electron chi connectivity index (χ3n) is 5.75. The van der Waals surface area contributed by atoms with Gasteiger partial charge in [0.15, 0.2) is 0 Å². The smallest absolute Gasteiger partial charge is 0.282 e. The normalized spacial score (nSPS) is 16.4. The zero-order chi connectivity index (χ0) is 22.8. The molecule has 1 aliphatic heterocycles. The second-order valence-electron chi connectivity index (χ2n) is 8.18. The summed E-state index contributed by atoms with van der Waals surface area (Å²) in [4.78, 5) is 15.0. The van der Waals surface area contributed by atoms with Gasteiger partial charge >= 0.3 is 0 Å². The van der Waals surface area contributed by atoms with Crippen molar-refractivity contribution in [3.05, 3.63) is 58.1 Å². The molecule has 1 saturated heterocycles. The van der Waals surface area contributed by atoms with Gasteiger partial charge in [-0.3, -0.25) is 4.79 Å². The van der Waals surface area contributed by atoms with Gasteiger partial charge in [0.2, 0.25) is 0 Å². The molecule has 166 valence electrons. The average molecular weight is 462 g/mol. The summed E-state index contributed by atoms with van der Waals surface area (Å²) in [7, 11) is -1.74. The summed E-state index contributed by atoms with van der Waals surface area (Å²) >= 11 is 5.96. The Morgan fingerprint density at radius 3 is 2.39 bits per heavy atom. The Morgan fingerprint density at radius 2 is 1.77 bits per heavy atom. The Balaban J connectivity index is 1.77. The minimum absolute atomic E-state index is 0.123. The third-order valence-corrected chi connectivity index (χ3v) is 7.36. The van der Waals surface area contributed by atoms with Crippen LogP contribution in [0, 0.1) is 19.8 Å². The number of hydrogen-bond donors (Lipinski definition) is 1. The van der Waals surface area contributed by atoms with E-state index < -0.39 is 10.0 Å². The fraction of sp³-hybridized carbons (Fsp3) is 0.391. The number of sulfonamides is 1. The molecule has 1 aliphatic rings. The van der Waals surface area contributed by atoms with Gasteiger partial charge in [0.05, 0.1) is 4.90 Å². The zero-order valence-corrected chi connectivity index (χ0v) is 19.8. The number of amides is 1. The van der Waals surface area contributed by atoms with Crippen LogP contribution in [-0.4, -0.2) is 45.1 Å². The highest BCUT2D eigenvalue weighted by molar-refractivity contribution is 7.90. The number of carbonyl (C=O) groups excluding carboxylic acids is 1. The molecule has 1 heterocycles. The molecule has 0 aliphatic carbocycles. The number of likely N-dealkylation sites (tertiary alicyclic amines) is 1. The molecule has 1 N–H and O–H groups in total. The molecule has 0 radical (unpaired) electrons. The predicted octanol–water partition coefficient (Wildman–Crippen LogP) is 4.70. The molecule has 31 heavy (non-hydrogen) atoms. The number of benzene rings is 2. The van der Waals surface area contributed by atoms with Crippen molar-refractivity contribution in [3.63, 3.8) is 0 Å². The van der Waals surface area contributed by atoms with Crippen molar-refractivity contribution in [3.8, 4) is 0 Å². The lowest BCUT2D eigenvalue weighted by atomic mass is 9.93. The predicted molar refractivity (Wildman–Crippen MR) is 126 cm³/mol. The van der Waals surface area contributed by atoms with Crippen molar-refractivity contribution in [1.29, 1.82) is 0 Å². The number of aryl methyl sites for hydroxylation is 2. The maximum Gasteiger partial charge on any atom is 0.282 e. The largest absolute Gasteiger partial charge is 0.322 e. The Kier molecular flexibility index (Phi) is 7.19. The van der Waals surface area contributed by atoms with Crippen molar-refractivity contribution in [2.75, 3.05) is 25.5 Å². The maximum atomic E-state index is 12.8. The van der Waals surface area contributed by atoms with E-state index in [1.54, 1.807) is 44.2 Å². The summed E-state index contributed by atoms with van der Waals surface area (Å²) in [6.45, 7) is 7.25. The number of nitrogens with zero attached hydrogens (tertiary/aromatic N) is 2. The number of nitrogens with one attached hydrogen (secondary N) is 1. The topological polar surface area (TPSA) is 78.8 Å². The van der Waals surface area contributed by atoms with Gasteiger partial charge in [0, 0.05) is 27.9 Å². The molecule has 0 bridgehead atoms. The summed E-state index contributed by atoms with van der Waals surface area (Å²) in [6, 6.07) is 9.69. The number of halogens is 1. The van der Waals surface area contributed by atoms with Crippen LogP contribution in [0.25, 0.3) is 0 Å². The zero-order valence-electron chi connectivity index (χ0n) is 18.3. The van der Waals surface area contributed by atoms with Crippen molar-refractivity contribution < 1.29 is 13.2 Å². The molecule has 0 aromatic heterocycles. The highest BCUT2D eigenvalue weighted by atomic mass is 35.5. The van der Waals surface area contributed by atoms with E-state index in [4.69, 9.17) is 11.6 Å². The molecule has 3 rings (SSSR count). The molecular formula is C23H28ClN3O3S. The first kappa shape index (κ1) is 23.4. The lowest BCUT2D eigenvalue weighted by Gasteiger charge is -2.28. The Morgan fingerprint density at radius 1 is 1.10 bits per heavy atom. The van der Waals surface area contributed by atoms with Gasteiger partial charge in [0.25, 0.3) is 15.9 Å². The molecule has 1 amide bonds. The minimum Gasteiger partial charge on any atom is -0.322 e.